The molecule has 0 radical (unpaired) electrons. The first-order valence-corrected chi connectivity index (χ1v) is 4.78. The fourth-order valence-corrected chi connectivity index (χ4v) is 0.942. The first kappa shape index (κ1) is 11.5. The second-order valence-corrected chi connectivity index (χ2v) is 3.12. The minimum Gasteiger partial charge on any atom is -0.390 e. The quantitative estimate of drug-likeness (QED) is 0.468. The van der Waals surface area contributed by atoms with E-state index in [1.807, 2.05) is 0 Å². The zero-order chi connectivity index (χ0) is 9.23. The van der Waals surface area contributed by atoms with Gasteiger partial charge in [0.1, 0.15) is 0 Å². The highest BCUT2D eigenvalue weighted by molar-refractivity contribution is 6.38. The summed E-state index contributed by atoms with van der Waals surface area (Å²) in [5, 5.41) is 10.3. The van der Waals surface area contributed by atoms with Gasteiger partial charge in [0, 0.05) is 19.0 Å². The third-order valence-corrected chi connectivity index (χ3v) is 1.77. The second kappa shape index (κ2) is 8.60. The van der Waals surface area contributed by atoms with Crippen LogP contribution in [0.5, 0.6) is 0 Å². The molecule has 0 saturated carbocycles. The number of halogens is 1. The van der Waals surface area contributed by atoms with E-state index in [1.54, 1.807) is 6.20 Å². The van der Waals surface area contributed by atoms with E-state index in [0.29, 0.717) is 5.03 Å². The van der Waals surface area contributed by atoms with Gasteiger partial charge in [-0.15, -0.1) is 0 Å². The molecule has 12 heavy (non-hydrogen) atoms. The first-order valence-electron chi connectivity index (χ1n) is 4.40. The number of rotatable bonds is 7. The minimum absolute atomic E-state index is 0.450. The topological polar surface area (TPSA) is 35.9 Å². The molecule has 0 aromatic rings. The highest BCUT2D eigenvalue weighted by Gasteiger charge is 1.86. The van der Waals surface area contributed by atoms with Crippen molar-refractivity contribution < 1.29 is 0 Å². The third-order valence-electron chi connectivity index (χ3n) is 1.55. The molecular formula is C9H17ClN2. The lowest BCUT2D eigenvalue weighted by Crippen LogP contribution is -2.07. The first-order chi connectivity index (χ1) is 5.81. The van der Waals surface area contributed by atoms with Gasteiger partial charge in [0.25, 0.3) is 0 Å². The van der Waals surface area contributed by atoms with Gasteiger partial charge in [0.05, 0.1) is 5.03 Å². The van der Waals surface area contributed by atoms with Crippen LogP contribution in [0.1, 0.15) is 32.6 Å². The van der Waals surface area contributed by atoms with E-state index in [1.165, 1.54) is 25.7 Å². The predicted octanol–water partition coefficient (Wildman–Crippen LogP) is 2.89. The van der Waals surface area contributed by atoms with Crippen molar-refractivity contribution in [2.45, 2.75) is 32.6 Å². The van der Waals surface area contributed by atoms with Gasteiger partial charge in [-0.3, -0.25) is 0 Å². The average molecular weight is 189 g/mol. The van der Waals surface area contributed by atoms with Gasteiger partial charge in [-0.25, -0.2) is 0 Å². The maximum Gasteiger partial charge on any atom is 0.0738 e. The SMILES string of the molecule is CCCCCCN/C=C(\Cl)C=N. The number of unbranched alkanes of at least 4 members (excludes halogenated alkanes) is 3. The average Bonchev–Trinajstić information content (AvgIpc) is 2.10. The largest absolute Gasteiger partial charge is 0.390 e. The maximum absolute atomic E-state index is 6.79. The molecule has 0 aliphatic carbocycles. The molecule has 0 spiro atoms. The van der Waals surface area contributed by atoms with E-state index < -0.39 is 0 Å². The molecular weight excluding hydrogens is 172 g/mol. The van der Waals surface area contributed by atoms with Crippen LogP contribution in [-0.4, -0.2) is 12.8 Å². The van der Waals surface area contributed by atoms with Crippen LogP contribution < -0.4 is 5.32 Å². The van der Waals surface area contributed by atoms with Gasteiger partial charge >= 0.3 is 0 Å². The second-order valence-electron chi connectivity index (χ2n) is 2.69. The van der Waals surface area contributed by atoms with Crippen molar-refractivity contribution in [3.63, 3.8) is 0 Å². The zero-order valence-corrected chi connectivity index (χ0v) is 8.32. The maximum atomic E-state index is 6.79. The summed E-state index contributed by atoms with van der Waals surface area (Å²) >= 11 is 5.56. The van der Waals surface area contributed by atoms with E-state index in [2.05, 4.69) is 12.2 Å². The van der Waals surface area contributed by atoms with Gasteiger partial charge < -0.3 is 10.7 Å². The van der Waals surface area contributed by atoms with E-state index in [4.69, 9.17) is 17.0 Å². The summed E-state index contributed by atoms with van der Waals surface area (Å²) in [5.41, 5.74) is 0. The molecule has 0 amide bonds. The van der Waals surface area contributed by atoms with Crippen molar-refractivity contribution in [2.24, 2.45) is 0 Å². The summed E-state index contributed by atoms with van der Waals surface area (Å²) in [5.74, 6) is 0. The van der Waals surface area contributed by atoms with Gasteiger partial charge in [-0.1, -0.05) is 37.8 Å². The zero-order valence-electron chi connectivity index (χ0n) is 7.57. The summed E-state index contributed by atoms with van der Waals surface area (Å²) in [4.78, 5) is 0. The van der Waals surface area contributed by atoms with Crippen molar-refractivity contribution in [3.05, 3.63) is 11.2 Å². The molecule has 0 aliphatic heterocycles. The molecule has 0 rings (SSSR count). The van der Waals surface area contributed by atoms with Crippen LogP contribution in [-0.2, 0) is 0 Å². The van der Waals surface area contributed by atoms with E-state index in [-0.39, 0.29) is 0 Å². The third kappa shape index (κ3) is 7.61. The monoisotopic (exact) mass is 188 g/mol. The van der Waals surface area contributed by atoms with E-state index in [0.717, 1.165) is 12.8 Å². The van der Waals surface area contributed by atoms with Gasteiger partial charge in [0.15, 0.2) is 0 Å². The summed E-state index contributed by atoms with van der Waals surface area (Å²) in [6.45, 7) is 3.14. The standard InChI is InChI=1S/C9H17ClN2/c1-2-3-4-5-6-12-8-9(10)7-11/h7-8,11-12H,2-6H2,1H3/b9-8-,11-7?. The van der Waals surface area contributed by atoms with Gasteiger partial charge in [-0.05, 0) is 6.42 Å². The Balaban J connectivity index is 3.15. The number of hydrogen-bond donors (Lipinski definition) is 2. The Morgan fingerprint density at radius 1 is 1.42 bits per heavy atom. The Labute approximate surface area is 79.5 Å². The molecule has 2 nitrogen and oxygen atoms in total. The van der Waals surface area contributed by atoms with Crippen molar-refractivity contribution in [2.75, 3.05) is 6.54 Å². The molecule has 0 bridgehead atoms. The van der Waals surface area contributed by atoms with Crippen molar-refractivity contribution in [1.82, 2.24) is 5.32 Å². The number of nitrogens with one attached hydrogen (secondary N) is 2. The summed E-state index contributed by atoms with van der Waals surface area (Å²) in [6.07, 6.45) is 7.79. The predicted molar refractivity (Wildman–Crippen MR) is 54.9 cm³/mol. The van der Waals surface area contributed by atoms with E-state index >= 15 is 0 Å². The Morgan fingerprint density at radius 3 is 2.75 bits per heavy atom. The minimum atomic E-state index is 0.450. The molecule has 0 aliphatic rings. The summed E-state index contributed by atoms with van der Waals surface area (Å²) in [6, 6.07) is 0. The van der Waals surface area contributed by atoms with Crippen molar-refractivity contribution >= 4 is 17.8 Å². The lowest BCUT2D eigenvalue weighted by atomic mass is 10.2. The van der Waals surface area contributed by atoms with Crippen LogP contribution in [0.15, 0.2) is 11.2 Å². The van der Waals surface area contributed by atoms with Crippen LogP contribution in [0, 0.1) is 5.41 Å². The van der Waals surface area contributed by atoms with Crippen LogP contribution >= 0.6 is 11.6 Å². The van der Waals surface area contributed by atoms with Crippen LogP contribution in [0.2, 0.25) is 0 Å². The Hall–Kier alpha value is -0.500. The molecule has 0 atom stereocenters. The lowest BCUT2D eigenvalue weighted by Gasteiger charge is -1.99. The highest BCUT2D eigenvalue weighted by Crippen LogP contribution is 1.97. The highest BCUT2D eigenvalue weighted by atomic mass is 35.5. The Morgan fingerprint density at radius 2 is 2.17 bits per heavy atom. The molecule has 0 aromatic heterocycles. The fourth-order valence-electron chi connectivity index (χ4n) is 0.865. The molecule has 0 heterocycles. The van der Waals surface area contributed by atoms with Gasteiger partial charge in [0.2, 0.25) is 0 Å². The fraction of sp³-hybridized carbons (Fsp3) is 0.667. The summed E-state index contributed by atoms with van der Waals surface area (Å²) in [7, 11) is 0. The molecule has 0 saturated heterocycles. The van der Waals surface area contributed by atoms with Crippen molar-refractivity contribution in [1.29, 1.82) is 5.41 Å². The molecule has 0 aromatic carbocycles. The number of allylic oxidation sites excluding steroid dienone is 1. The van der Waals surface area contributed by atoms with Gasteiger partial charge in [-0.2, -0.15) is 0 Å². The molecule has 70 valence electrons. The summed E-state index contributed by atoms with van der Waals surface area (Å²) < 4.78 is 0. The molecule has 2 N–H and O–H groups in total. The number of hydrogen-bond acceptors (Lipinski definition) is 2. The van der Waals surface area contributed by atoms with E-state index in [9.17, 15) is 0 Å². The molecule has 3 heteroatoms. The molecule has 0 unspecified atom stereocenters. The van der Waals surface area contributed by atoms with Crippen LogP contribution in [0.4, 0.5) is 0 Å². The normalized spacial score (nSPS) is 11.3. The lowest BCUT2D eigenvalue weighted by molar-refractivity contribution is 0.645. The van der Waals surface area contributed by atoms with Crippen LogP contribution in [0.25, 0.3) is 0 Å². The van der Waals surface area contributed by atoms with Crippen molar-refractivity contribution in [3.8, 4) is 0 Å². The smallest absolute Gasteiger partial charge is 0.0738 e. The Bertz CT molecular complexity index is 143. The molecule has 0 fully saturated rings. The Kier molecular flexibility index (Phi) is 8.24. The van der Waals surface area contributed by atoms with Crippen LogP contribution in [0.3, 0.4) is 0 Å².